The summed E-state index contributed by atoms with van der Waals surface area (Å²) in [7, 11) is 1.65. The van der Waals surface area contributed by atoms with Gasteiger partial charge in [0.15, 0.2) is 11.5 Å². The fraction of sp³-hybridized carbons (Fsp3) is 0.429. The van der Waals surface area contributed by atoms with Gasteiger partial charge >= 0.3 is 0 Å². The molecule has 1 amide bonds. The van der Waals surface area contributed by atoms with Gasteiger partial charge in [0.05, 0.1) is 19.3 Å². The Balaban J connectivity index is 2.16. The summed E-state index contributed by atoms with van der Waals surface area (Å²) in [4.78, 5) is 24.2. The molecule has 1 N–H and O–H groups in total. The average molecular weight is 372 g/mol. The maximum absolute atomic E-state index is 12.4. The molecule has 0 aliphatic heterocycles. The molecular formula is C21H28N2O4. The number of carbonyl (C=O) groups is 1. The van der Waals surface area contributed by atoms with E-state index in [1.165, 1.54) is 10.6 Å². The van der Waals surface area contributed by atoms with Crippen molar-refractivity contribution in [1.82, 2.24) is 9.88 Å². The van der Waals surface area contributed by atoms with Gasteiger partial charge in [0.25, 0.3) is 11.5 Å². The third-order valence-electron chi connectivity index (χ3n) is 4.11. The van der Waals surface area contributed by atoms with E-state index < -0.39 is 0 Å². The minimum absolute atomic E-state index is 0.219. The molecule has 146 valence electrons. The zero-order chi connectivity index (χ0) is 19.8. The number of hydrogen-bond acceptors (Lipinski definition) is 4. The highest BCUT2D eigenvalue weighted by Crippen LogP contribution is 2.31. The Kier molecular flexibility index (Phi) is 7.46. The minimum atomic E-state index is -0.289. The molecule has 2 rings (SSSR count). The van der Waals surface area contributed by atoms with Crippen LogP contribution in [0.1, 0.15) is 55.6 Å². The molecule has 2 aromatic rings. The molecule has 0 aliphatic rings. The highest BCUT2D eigenvalue weighted by molar-refractivity contribution is 5.94. The van der Waals surface area contributed by atoms with Crippen LogP contribution in [0.3, 0.4) is 0 Å². The zero-order valence-corrected chi connectivity index (χ0v) is 16.5. The molecule has 1 aromatic carbocycles. The summed E-state index contributed by atoms with van der Waals surface area (Å²) in [6, 6.07) is 8.40. The van der Waals surface area contributed by atoms with E-state index in [2.05, 4.69) is 12.2 Å². The number of aryl methyl sites for hydroxylation is 1. The van der Waals surface area contributed by atoms with Crippen molar-refractivity contribution in [3.8, 4) is 11.5 Å². The monoisotopic (exact) mass is 372 g/mol. The van der Waals surface area contributed by atoms with Crippen LogP contribution in [0.5, 0.6) is 11.5 Å². The lowest BCUT2D eigenvalue weighted by molar-refractivity contribution is 0.0939. The van der Waals surface area contributed by atoms with Gasteiger partial charge in [-0.3, -0.25) is 9.59 Å². The molecule has 0 radical (unpaired) electrons. The summed E-state index contributed by atoms with van der Waals surface area (Å²) in [5.41, 5.74) is 1.03. The van der Waals surface area contributed by atoms with Crippen LogP contribution in [0.4, 0.5) is 0 Å². The fourth-order valence-corrected chi connectivity index (χ4v) is 2.50. The molecule has 0 bridgehead atoms. The van der Waals surface area contributed by atoms with Crippen molar-refractivity contribution in [2.45, 2.75) is 39.7 Å². The molecule has 6 nitrogen and oxygen atoms in total. The van der Waals surface area contributed by atoms with Crippen LogP contribution in [-0.4, -0.2) is 23.7 Å². The van der Waals surface area contributed by atoms with Crippen LogP contribution < -0.4 is 20.3 Å². The van der Waals surface area contributed by atoms with Crippen LogP contribution in [0.2, 0.25) is 0 Å². The number of benzene rings is 1. The number of rotatable bonds is 9. The van der Waals surface area contributed by atoms with E-state index in [4.69, 9.17) is 9.47 Å². The molecule has 0 fully saturated rings. The Morgan fingerprint density at radius 2 is 1.74 bits per heavy atom. The van der Waals surface area contributed by atoms with Gasteiger partial charge in [-0.1, -0.05) is 19.9 Å². The lowest BCUT2D eigenvalue weighted by atomic mass is 10.1. The van der Waals surface area contributed by atoms with Gasteiger partial charge in [-0.2, -0.15) is 0 Å². The number of aromatic nitrogens is 1. The lowest BCUT2D eigenvalue weighted by Crippen LogP contribution is -2.28. The van der Waals surface area contributed by atoms with E-state index in [0.29, 0.717) is 30.3 Å². The summed E-state index contributed by atoms with van der Waals surface area (Å²) in [6.07, 6.45) is 3.39. The first-order valence-corrected chi connectivity index (χ1v) is 9.33. The Hall–Kier alpha value is -2.76. The van der Waals surface area contributed by atoms with Crippen molar-refractivity contribution in [3.05, 3.63) is 58.0 Å². The topological polar surface area (TPSA) is 69.6 Å². The maximum atomic E-state index is 12.4. The van der Waals surface area contributed by atoms with Crippen LogP contribution in [0.25, 0.3) is 0 Å². The second-order valence-corrected chi connectivity index (χ2v) is 6.46. The highest BCUT2D eigenvalue weighted by atomic mass is 16.5. The summed E-state index contributed by atoms with van der Waals surface area (Å²) in [5, 5.41) is 2.92. The quantitative estimate of drug-likeness (QED) is 0.732. The third kappa shape index (κ3) is 5.61. The van der Waals surface area contributed by atoms with Crippen LogP contribution in [0, 0.1) is 0 Å². The predicted octanol–water partition coefficient (Wildman–Crippen LogP) is 3.45. The molecule has 1 atom stereocenters. The van der Waals surface area contributed by atoms with Gasteiger partial charge in [0.1, 0.15) is 0 Å². The number of carbonyl (C=O) groups excluding carboxylic acids is 1. The van der Waals surface area contributed by atoms with Crippen LogP contribution in [0.15, 0.2) is 41.3 Å². The summed E-state index contributed by atoms with van der Waals surface area (Å²) in [6.45, 7) is 7.21. The van der Waals surface area contributed by atoms with Gasteiger partial charge < -0.3 is 19.4 Å². The molecule has 0 saturated heterocycles. The first-order valence-electron chi connectivity index (χ1n) is 9.33. The van der Waals surface area contributed by atoms with Crippen molar-refractivity contribution in [1.29, 1.82) is 0 Å². The summed E-state index contributed by atoms with van der Waals surface area (Å²) >= 11 is 0. The maximum Gasteiger partial charge on any atom is 0.252 e. The number of ether oxygens (including phenoxy) is 2. The van der Waals surface area contributed by atoms with E-state index in [1.807, 2.05) is 32.0 Å². The van der Waals surface area contributed by atoms with E-state index in [-0.39, 0.29) is 17.5 Å². The predicted molar refractivity (Wildman–Crippen MR) is 106 cm³/mol. The zero-order valence-electron chi connectivity index (χ0n) is 16.5. The highest BCUT2D eigenvalue weighted by Gasteiger charge is 2.15. The second-order valence-electron chi connectivity index (χ2n) is 6.46. The summed E-state index contributed by atoms with van der Waals surface area (Å²) in [5.74, 6) is 1.10. The molecule has 0 spiro atoms. The SMILES string of the molecule is CCCOc1ccc(C(C)NC(=O)c2ccn(C)c(=O)c2)cc1OCCC. The normalized spacial score (nSPS) is 11.7. The Bertz CT molecular complexity index is 829. The van der Waals surface area contributed by atoms with Gasteiger partial charge in [-0.15, -0.1) is 0 Å². The number of amides is 1. The number of hydrogen-bond donors (Lipinski definition) is 1. The van der Waals surface area contributed by atoms with Gasteiger partial charge in [0, 0.05) is 24.9 Å². The molecule has 27 heavy (non-hydrogen) atoms. The number of pyridine rings is 1. The fourth-order valence-electron chi connectivity index (χ4n) is 2.50. The van der Waals surface area contributed by atoms with E-state index in [1.54, 1.807) is 19.3 Å². The Labute approximate surface area is 160 Å². The van der Waals surface area contributed by atoms with Crippen LogP contribution >= 0.6 is 0 Å². The first kappa shape index (κ1) is 20.6. The Morgan fingerprint density at radius 3 is 2.37 bits per heavy atom. The van der Waals surface area contributed by atoms with Crippen molar-refractivity contribution in [3.63, 3.8) is 0 Å². The van der Waals surface area contributed by atoms with Gasteiger partial charge in [-0.05, 0) is 43.5 Å². The van der Waals surface area contributed by atoms with E-state index in [9.17, 15) is 9.59 Å². The number of nitrogens with one attached hydrogen (secondary N) is 1. The largest absolute Gasteiger partial charge is 0.490 e. The molecule has 0 saturated carbocycles. The first-order chi connectivity index (χ1) is 13.0. The molecule has 6 heteroatoms. The number of nitrogens with zero attached hydrogens (tertiary/aromatic N) is 1. The summed E-state index contributed by atoms with van der Waals surface area (Å²) < 4.78 is 13.0. The standard InChI is InChI=1S/C21H28N2O4/c1-5-11-26-18-8-7-16(13-19(18)27-12-6-2)15(3)22-21(25)17-9-10-23(4)20(24)14-17/h7-10,13-15H,5-6,11-12H2,1-4H3,(H,22,25). The minimum Gasteiger partial charge on any atom is -0.490 e. The Morgan fingerprint density at radius 1 is 1.07 bits per heavy atom. The van der Waals surface area contributed by atoms with Crippen molar-refractivity contribution < 1.29 is 14.3 Å². The van der Waals surface area contributed by atoms with Crippen molar-refractivity contribution in [2.24, 2.45) is 7.05 Å². The average Bonchev–Trinajstić information content (AvgIpc) is 2.66. The molecular weight excluding hydrogens is 344 g/mol. The van der Waals surface area contributed by atoms with Crippen LogP contribution in [-0.2, 0) is 7.05 Å². The van der Waals surface area contributed by atoms with E-state index >= 15 is 0 Å². The van der Waals surface area contributed by atoms with Crippen molar-refractivity contribution >= 4 is 5.91 Å². The molecule has 1 aromatic heterocycles. The lowest BCUT2D eigenvalue weighted by Gasteiger charge is -2.18. The van der Waals surface area contributed by atoms with Gasteiger partial charge in [-0.25, -0.2) is 0 Å². The van der Waals surface area contributed by atoms with Crippen molar-refractivity contribution in [2.75, 3.05) is 13.2 Å². The van der Waals surface area contributed by atoms with E-state index in [0.717, 1.165) is 18.4 Å². The van der Waals surface area contributed by atoms with Gasteiger partial charge in [0.2, 0.25) is 0 Å². The molecule has 0 aliphatic carbocycles. The molecule has 1 heterocycles. The smallest absolute Gasteiger partial charge is 0.252 e. The molecule has 1 unspecified atom stereocenters. The third-order valence-corrected chi connectivity index (χ3v) is 4.11. The second kappa shape index (κ2) is 9.80.